The molecule has 20 heavy (non-hydrogen) atoms. The van der Waals surface area contributed by atoms with Crippen LogP contribution in [0.3, 0.4) is 0 Å². The second-order valence-corrected chi connectivity index (χ2v) is 6.37. The minimum Gasteiger partial charge on any atom is -0.395 e. The molecule has 0 saturated carbocycles. The lowest BCUT2D eigenvalue weighted by Crippen LogP contribution is -2.43. The molecule has 3 nitrogen and oxygen atoms in total. The fourth-order valence-electron chi connectivity index (χ4n) is 3.07. The number of hydrogen-bond donors (Lipinski definition) is 2. The van der Waals surface area contributed by atoms with Gasteiger partial charge >= 0.3 is 0 Å². The maximum atomic E-state index is 9.48. The lowest BCUT2D eigenvalue weighted by atomic mass is 10.00. The van der Waals surface area contributed by atoms with Gasteiger partial charge in [-0.3, -0.25) is 4.90 Å². The summed E-state index contributed by atoms with van der Waals surface area (Å²) in [6, 6.07) is 9.11. The number of piperidine rings is 1. The molecule has 2 N–H and O–H groups in total. The zero-order valence-electron chi connectivity index (χ0n) is 12.2. The highest BCUT2D eigenvalue weighted by atomic mass is 79.9. The van der Waals surface area contributed by atoms with Gasteiger partial charge in [-0.05, 0) is 44.5 Å². The Morgan fingerprint density at radius 1 is 1.40 bits per heavy atom. The van der Waals surface area contributed by atoms with Crippen molar-refractivity contribution in [3.63, 3.8) is 0 Å². The van der Waals surface area contributed by atoms with E-state index in [4.69, 9.17) is 0 Å². The van der Waals surface area contributed by atoms with Crippen molar-refractivity contribution in [3.8, 4) is 0 Å². The number of hydrogen-bond acceptors (Lipinski definition) is 3. The van der Waals surface area contributed by atoms with Crippen molar-refractivity contribution in [2.75, 3.05) is 26.7 Å². The van der Waals surface area contributed by atoms with E-state index in [1.165, 1.54) is 18.4 Å². The van der Waals surface area contributed by atoms with E-state index in [2.05, 4.69) is 44.3 Å². The van der Waals surface area contributed by atoms with Gasteiger partial charge in [-0.25, -0.2) is 0 Å². The molecule has 0 radical (unpaired) electrons. The predicted molar refractivity (Wildman–Crippen MR) is 86.9 cm³/mol. The highest BCUT2D eigenvalue weighted by molar-refractivity contribution is 9.10. The molecule has 0 amide bonds. The van der Waals surface area contributed by atoms with Crippen LogP contribution in [-0.2, 0) is 0 Å². The molecule has 0 spiro atoms. The Labute approximate surface area is 130 Å². The molecule has 1 aliphatic heterocycles. The molecule has 1 heterocycles. The van der Waals surface area contributed by atoms with E-state index in [1.807, 2.05) is 13.1 Å². The third-order valence-corrected chi connectivity index (χ3v) is 5.02. The molecule has 1 aromatic carbocycles. The average Bonchev–Trinajstić information content (AvgIpc) is 2.50. The van der Waals surface area contributed by atoms with Crippen LogP contribution in [0.4, 0.5) is 0 Å². The van der Waals surface area contributed by atoms with Gasteiger partial charge in [0.25, 0.3) is 0 Å². The van der Waals surface area contributed by atoms with Crippen LogP contribution in [0.1, 0.15) is 37.3 Å². The fourth-order valence-corrected chi connectivity index (χ4v) is 3.63. The zero-order valence-corrected chi connectivity index (χ0v) is 13.8. The third-order valence-electron chi connectivity index (χ3n) is 4.29. The number of nitrogens with one attached hydrogen (secondary N) is 1. The van der Waals surface area contributed by atoms with Crippen LogP contribution in [0.15, 0.2) is 28.7 Å². The summed E-state index contributed by atoms with van der Waals surface area (Å²) in [6.45, 7) is 2.45. The summed E-state index contributed by atoms with van der Waals surface area (Å²) in [5, 5.41) is 12.9. The molecule has 2 rings (SSSR count). The van der Waals surface area contributed by atoms with Gasteiger partial charge in [0.15, 0.2) is 0 Å². The molecular formula is C16H25BrN2O. The maximum absolute atomic E-state index is 9.48. The van der Waals surface area contributed by atoms with Crippen LogP contribution in [0.25, 0.3) is 0 Å². The first-order chi connectivity index (χ1) is 9.76. The van der Waals surface area contributed by atoms with E-state index in [1.54, 1.807) is 0 Å². The Morgan fingerprint density at radius 2 is 2.20 bits per heavy atom. The predicted octanol–water partition coefficient (Wildman–Crippen LogP) is 2.95. The molecule has 0 aromatic heterocycles. The number of likely N-dealkylation sites (tertiary alicyclic amines) is 1. The lowest BCUT2D eigenvalue weighted by molar-refractivity contribution is 0.0867. The normalized spacial score (nSPS) is 21.9. The highest BCUT2D eigenvalue weighted by Crippen LogP contribution is 2.26. The van der Waals surface area contributed by atoms with Crippen molar-refractivity contribution < 1.29 is 5.11 Å². The Hall–Kier alpha value is -0.420. The largest absolute Gasteiger partial charge is 0.395 e. The van der Waals surface area contributed by atoms with Gasteiger partial charge in [-0.2, -0.15) is 0 Å². The first-order valence-corrected chi connectivity index (χ1v) is 8.32. The Kier molecular flexibility index (Phi) is 6.49. The number of nitrogens with zero attached hydrogens (tertiary/aromatic N) is 1. The second kappa shape index (κ2) is 8.13. The Morgan fingerprint density at radius 3 is 2.90 bits per heavy atom. The summed E-state index contributed by atoms with van der Waals surface area (Å²) in [5.41, 5.74) is 1.31. The van der Waals surface area contributed by atoms with Gasteiger partial charge < -0.3 is 10.4 Å². The maximum Gasteiger partial charge on any atom is 0.0586 e. The molecule has 1 fully saturated rings. The molecule has 4 heteroatoms. The molecule has 0 bridgehead atoms. The molecular weight excluding hydrogens is 316 g/mol. The van der Waals surface area contributed by atoms with Crippen LogP contribution >= 0.6 is 15.9 Å². The van der Waals surface area contributed by atoms with Crippen LogP contribution in [0.5, 0.6) is 0 Å². The van der Waals surface area contributed by atoms with E-state index >= 15 is 0 Å². The highest BCUT2D eigenvalue weighted by Gasteiger charge is 2.22. The van der Waals surface area contributed by atoms with Gasteiger partial charge in [0, 0.05) is 23.1 Å². The summed E-state index contributed by atoms with van der Waals surface area (Å²) in [6.07, 6.45) is 4.71. The lowest BCUT2D eigenvalue weighted by Gasteiger charge is -2.35. The summed E-state index contributed by atoms with van der Waals surface area (Å²) in [5.74, 6) is 0. The van der Waals surface area contributed by atoms with Crippen LogP contribution in [0, 0.1) is 0 Å². The number of benzene rings is 1. The van der Waals surface area contributed by atoms with Crippen molar-refractivity contribution in [1.82, 2.24) is 10.2 Å². The van der Waals surface area contributed by atoms with Gasteiger partial charge in [-0.1, -0.05) is 40.5 Å². The van der Waals surface area contributed by atoms with Gasteiger partial charge in [0.05, 0.1) is 6.61 Å². The van der Waals surface area contributed by atoms with Crippen molar-refractivity contribution in [2.45, 2.75) is 37.8 Å². The molecule has 2 atom stereocenters. The average molecular weight is 341 g/mol. The van der Waals surface area contributed by atoms with E-state index in [0.717, 1.165) is 30.4 Å². The van der Waals surface area contributed by atoms with Gasteiger partial charge in [-0.15, -0.1) is 0 Å². The number of rotatable bonds is 6. The van der Waals surface area contributed by atoms with E-state index < -0.39 is 0 Å². The topological polar surface area (TPSA) is 35.5 Å². The summed E-state index contributed by atoms with van der Waals surface area (Å²) < 4.78 is 1.16. The molecule has 2 unspecified atom stereocenters. The van der Waals surface area contributed by atoms with Crippen molar-refractivity contribution in [1.29, 1.82) is 0 Å². The van der Waals surface area contributed by atoms with Crippen molar-refractivity contribution >= 4 is 15.9 Å². The van der Waals surface area contributed by atoms with E-state index in [0.29, 0.717) is 18.7 Å². The number of aliphatic hydroxyl groups excluding tert-OH is 1. The van der Waals surface area contributed by atoms with Gasteiger partial charge in [0.1, 0.15) is 0 Å². The molecule has 1 saturated heterocycles. The molecule has 1 aromatic rings. The monoisotopic (exact) mass is 340 g/mol. The first-order valence-electron chi connectivity index (χ1n) is 7.53. The van der Waals surface area contributed by atoms with Crippen LogP contribution in [-0.4, -0.2) is 42.8 Å². The van der Waals surface area contributed by atoms with Crippen molar-refractivity contribution in [3.05, 3.63) is 34.3 Å². The third kappa shape index (κ3) is 4.04. The number of halogens is 1. The Bertz CT molecular complexity index is 413. The second-order valence-electron chi connectivity index (χ2n) is 5.52. The molecule has 1 aliphatic rings. The molecule has 112 valence electrons. The number of aliphatic hydroxyl groups is 1. The molecule has 0 aliphatic carbocycles. The smallest absolute Gasteiger partial charge is 0.0586 e. The van der Waals surface area contributed by atoms with Crippen LogP contribution < -0.4 is 5.32 Å². The quantitative estimate of drug-likeness (QED) is 0.835. The standard InChI is InChI=1S/C16H25BrN2O/c1-18-16(14-7-2-3-8-15(14)17)9-11-19-10-5-4-6-13(19)12-20/h2-3,7-8,13,16,18,20H,4-6,9-12H2,1H3. The van der Waals surface area contributed by atoms with Crippen LogP contribution in [0.2, 0.25) is 0 Å². The first kappa shape index (κ1) is 16.0. The zero-order chi connectivity index (χ0) is 14.4. The van der Waals surface area contributed by atoms with E-state index in [9.17, 15) is 5.11 Å². The fraction of sp³-hybridized carbons (Fsp3) is 0.625. The van der Waals surface area contributed by atoms with Gasteiger partial charge in [0.2, 0.25) is 0 Å². The van der Waals surface area contributed by atoms with E-state index in [-0.39, 0.29) is 0 Å². The summed E-state index contributed by atoms with van der Waals surface area (Å²) in [7, 11) is 2.02. The minimum atomic E-state index is 0.291. The SMILES string of the molecule is CNC(CCN1CCCCC1CO)c1ccccc1Br. The summed E-state index contributed by atoms with van der Waals surface area (Å²) in [4.78, 5) is 2.45. The Balaban J connectivity index is 1.95. The van der Waals surface area contributed by atoms with Crippen molar-refractivity contribution in [2.24, 2.45) is 0 Å². The minimum absolute atomic E-state index is 0.291. The summed E-state index contributed by atoms with van der Waals surface area (Å²) >= 11 is 3.64.